The molecule has 8 nitrogen and oxygen atoms in total. The van der Waals surface area contributed by atoms with Crippen molar-refractivity contribution in [3.63, 3.8) is 0 Å². The molecule has 3 amide bonds. The summed E-state index contributed by atoms with van der Waals surface area (Å²) in [5.41, 5.74) is 3.81. The van der Waals surface area contributed by atoms with E-state index in [9.17, 15) is 14.4 Å². The fourth-order valence-electron chi connectivity index (χ4n) is 5.84. The number of hydrogen-bond donors (Lipinski definition) is 3. The van der Waals surface area contributed by atoms with E-state index < -0.39 is 23.5 Å². The van der Waals surface area contributed by atoms with Gasteiger partial charge in [-0.15, -0.1) is 0 Å². The number of ether oxygens (including phenoxy) is 1. The van der Waals surface area contributed by atoms with E-state index in [-0.39, 0.29) is 36.4 Å². The fraction of sp³-hybridized carbons (Fsp3) is 0.571. The second-order valence-corrected chi connectivity index (χ2v) is 13.7. The molecule has 5 atom stereocenters. The number of hydrogen-bond acceptors (Lipinski definition) is 5. The topological polar surface area (TPSA) is 99.8 Å². The van der Waals surface area contributed by atoms with Gasteiger partial charge in [-0.25, -0.2) is 0 Å². The van der Waals surface area contributed by atoms with Crippen molar-refractivity contribution in [1.82, 2.24) is 20.9 Å². The zero-order valence-electron chi connectivity index (χ0n) is 27.1. The summed E-state index contributed by atoms with van der Waals surface area (Å²) in [6.45, 7) is 14.1. The van der Waals surface area contributed by atoms with E-state index in [4.69, 9.17) is 4.74 Å². The maximum Gasteiger partial charge on any atom is 0.246 e. The molecule has 0 fully saturated rings. The third-order valence-electron chi connectivity index (χ3n) is 9.07. The lowest BCUT2D eigenvalue weighted by atomic mass is 9.83. The standard InChI is InChI=1S/C35H50N4O4/c1-21(2)23(4)43-27-17-16-25-19-30(33(41)37-29-15-11-13-24-12-9-10-14-28(24)29)39(20-26(25)18-27)34(42)31(35(5,6)7)38-32(40)22(3)36-8/h9-10,12,14,16-18,21-23,29-31,36H,11,13,15,19-20H2,1-8H3,(H,37,41)(H,38,40)/t22-,23?,29?,30?,31+/m0/s1. The zero-order chi connectivity index (χ0) is 31.5. The number of rotatable bonds is 9. The molecular weight excluding hydrogens is 540 g/mol. The Bertz CT molecular complexity index is 1320. The minimum Gasteiger partial charge on any atom is -0.490 e. The minimum atomic E-state index is -0.816. The van der Waals surface area contributed by atoms with Crippen LogP contribution in [0.4, 0.5) is 0 Å². The van der Waals surface area contributed by atoms with Crippen LogP contribution < -0.4 is 20.7 Å². The van der Waals surface area contributed by atoms with Gasteiger partial charge in [-0.05, 0) is 85.9 Å². The van der Waals surface area contributed by atoms with Gasteiger partial charge in [0.15, 0.2) is 0 Å². The van der Waals surface area contributed by atoms with Crippen LogP contribution >= 0.6 is 0 Å². The first kappa shape index (κ1) is 32.5. The largest absolute Gasteiger partial charge is 0.490 e. The van der Waals surface area contributed by atoms with Crippen molar-refractivity contribution >= 4 is 17.7 Å². The maximum absolute atomic E-state index is 14.4. The highest BCUT2D eigenvalue weighted by molar-refractivity contribution is 5.94. The Balaban J connectivity index is 1.67. The van der Waals surface area contributed by atoms with E-state index in [0.717, 1.165) is 41.7 Å². The summed E-state index contributed by atoms with van der Waals surface area (Å²) in [5.74, 6) is 0.408. The lowest BCUT2D eigenvalue weighted by Gasteiger charge is -2.42. The molecule has 2 aliphatic rings. The summed E-state index contributed by atoms with van der Waals surface area (Å²) >= 11 is 0. The molecule has 2 aromatic carbocycles. The van der Waals surface area contributed by atoms with E-state index in [2.05, 4.69) is 41.9 Å². The number of benzene rings is 2. The molecule has 0 saturated carbocycles. The summed E-state index contributed by atoms with van der Waals surface area (Å²) in [4.78, 5) is 43.2. The van der Waals surface area contributed by atoms with Gasteiger partial charge < -0.3 is 25.6 Å². The van der Waals surface area contributed by atoms with Crippen LogP contribution in [0.2, 0.25) is 0 Å². The summed E-state index contributed by atoms with van der Waals surface area (Å²) in [6.07, 6.45) is 3.28. The van der Waals surface area contributed by atoms with Crippen molar-refractivity contribution in [3.8, 4) is 5.75 Å². The van der Waals surface area contributed by atoms with Crippen LogP contribution in [0, 0.1) is 11.3 Å². The number of carbonyl (C=O) groups is 3. The van der Waals surface area contributed by atoms with Gasteiger partial charge in [0, 0.05) is 13.0 Å². The Hall–Kier alpha value is -3.39. The van der Waals surface area contributed by atoms with Crippen LogP contribution in [0.5, 0.6) is 5.75 Å². The summed E-state index contributed by atoms with van der Waals surface area (Å²) in [5, 5.41) is 9.23. The molecule has 43 heavy (non-hydrogen) atoms. The molecule has 0 aromatic heterocycles. The smallest absolute Gasteiger partial charge is 0.246 e. The Labute approximate surface area is 257 Å². The highest BCUT2D eigenvalue weighted by Gasteiger charge is 2.43. The molecule has 0 saturated heterocycles. The van der Waals surface area contributed by atoms with Gasteiger partial charge in [0.1, 0.15) is 17.8 Å². The SMILES string of the molecule is CN[C@@H](C)C(=O)N[C@H](C(=O)N1Cc2cc(OC(C)C(C)C)ccc2CC1C(=O)NC1CCCc2ccccc21)C(C)(C)C. The molecule has 234 valence electrons. The third kappa shape index (κ3) is 7.58. The molecule has 4 rings (SSSR count). The number of carbonyl (C=O) groups excluding carboxylic acids is 3. The van der Waals surface area contributed by atoms with Gasteiger partial charge in [0.25, 0.3) is 0 Å². The first-order chi connectivity index (χ1) is 20.3. The first-order valence-corrected chi connectivity index (χ1v) is 15.7. The number of amides is 3. The molecule has 3 unspecified atom stereocenters. The minimum absolute atomic E-state index is 0.0333. The Morgan fingerprint density at radius 3 is 2.37 bits per heavy atom. The van der Waals surface area contributed by atoms with E-state index in [1.807, 2.05) is 58.0 Å². The van der Waals surface area contributed by atoms with E-state index in [0.29, 0.717) is 12.3 Å². The maximum atomic E-state index is 14.4. The van der Waals surface area contributed by atoms with Crippen molar-refractivity contribution in [2.45, 2.75) is 111 Å². The van der Waals surface area contributed by atoms with Gasteiger partial charge in [0.2, 0.25) is 17.7 Å². The van der Waals surface area contributed by atoms with Gasteiger partial charge >= 0.3 is 0 Å². The molecule has 0 radical (unpaired) electrons. The predicted molar refractivity (Wildman–Crippen MR) is 170 cm³/mol. The van der Waals surface area contributed by atoms with Crippen LogP contribution in [-0.4, -0.2) is 53.9 Å². The highest BCUT2D eigenvalue weighted by Crippen LogP contribution is 2.33. The molecular formula is C35H50N4O4. The molecule has 8 heteroatoms. The van der Waals surface area contributed by atoms with Crippen LogP contribution in [0.3, 0.4) is 0 Å². The molecule has 0 bridgehead atoms. The molecule has 1 heterocycles. The van der Waals surface area contributed by atoms with Crippen molar-refractivity contribution in [2.75, 3.05) is 7.05 Å². The van der Waals surface area contributed by atoms with Crippen LogP contribution in [-0.2, 0) is 33.8 Å². The number of fused-ring (bicyclic) bond motifs is 2. The Morgan fingerprint density at radius 2 is 1.70 bits per heavy atom. The summed E-state index contributed by atoms with van der Waals surface area (Å²) in [7, 11) is 1.71. The van der Waals surface area contributed by atoms with E-state index in [1.165, 1.54) is 5.56 Å². The number of aryl methyl sites for hydroxylation is 1. The van der Waals surface area contributed by atoms with Gasteiger partial charge in [-0.3, -0.25) is 14.4 Å². The Morgan fingerprint density at radius 1 is 0.977 bits per heavy atom. The van der Waals surface area contributed by atoms with Gasteiger partial charge in [0.05, 0.1) is 18.2 Å². The van der Waals surface area contributed by atoms with Gasteiger partial charge in [-0.2, -0.15) is 0 Å². The molecule has 0 spiro atoms. The second kappa shape index (κ2) is 13.5. The normalized spacial score (nSPS) is 20.3. The van der Waals surface area contributed by atoms with Crippen molar-refractivity contribution in [1.29, 1.82) is 0 Å². The molecule has 2 aromatic rings. The second-order valence-electron chi connectivity index (χ2n) is 13.7. The molecule has 1 aliphatic heterocycles. The summed E-state index contributed by atoms with van der Waals surface area (Å²) < 4.78 is 6.19. The average Bonchev–Trinajstić information content (AvgIpc) is 2.97. The van der Waals surface area contributed by atoms with Crippen molar-refractivity contribution < 1.29 is 19.1 Å². The number of nitrogens with zero attached hydrogens (tertiary/aromatic N) is 1. The summed E-state index contributed by atoms with van der Waals surface area (Å²) in [6, 6.07) is 12.2. The highest BCUT2D eigenvalue weighted by atomic mass is 16.5. The number of nitrogens with one attached hydrogen (secondary N) is 3. The molecule has 1 aliphatic carbocycles. The lowest BCUT2D eigenvalue weighted by molar-refractivity contribution is -0.147. The van der Waals surface area contributed by atoms with Crippen LogP contribution in [0.1, 0.15) is 89.6 Å². The van der Waals surface area contributed by atoms with Crippen LogP contribution in [0.25, 0.3) is 0 Å². The van der Waals surface area contributed by atoms with Crippen molar-refractivity contribution in [3.05, 3.63) is 64.7 Å². The quantitative estimate of drug-likeness (QED) is 0.393. The first-order valence-electron chi connectivity index (χ1n) is 15.7. The Kier molecular flexibility index (Phi) is 10.2. The predicted octanol–water partition coefficient (Wildman–Crippen LogP) is 4.70. The zero-order valence-corrected chi connectivity index (χ0v) is 27.1. The third-order valence-corrected chi connectivity index (χ3v) is 9.07. The van der Waals surface area contributed by atoms with E-state index >= 15 is 0 Å². The fourth-order valence-corrected chi connectivity index (χ4v) is 5.84. The average molecular weight is 591 g/mol. The number of likely N-dealkylation sites (N-methyl/N-ethyl adjacent to an activating group) is 1. The van der Waals surface area contributed by atoms with Crippen LogP contribution in [0.15, 0.2) is 42.5 Å². The molecule has 3 N–H and O–H groups in total. The van der Waals surface area contributed by atoms with Gasteiger partial charge in [-0.1, -0.05) is 65.0 Å². The monoisotopic (exact) mass is 590 g/mol. The lowest BCUT2D eigenvalue weighted by Crippen LogP contribution is -2.62. The van der Waals surface area contributed by atoms with Crippen molar-refractivity contribution in [2.24, 2.45) is 11.3 Å². The van der Waals surface area contributed by atoms with E-state index in [1.54, 1.807) is 18.9 Å².